The van der Waals surface area contributed by atoms with Gasteiger partial charge in [-0.15, -0.1) is 0 Å². The minimum atomic E-state index is -0.149. The van der Waals surface area contributed by atoms with Gasteiger partial charge in [0.2, 0.25) is 0 Å². The average Bonchev–Trinajstić information content (AvgIpc) is 2.71. The maximum atomic E-state index is 9.18. The second-order valence-electron chi connectivity index (χ2n) is 10.8. The lowest BCUT2D eigenvalue weighted by molar-refractivity contribution is -0.281. The van der Waals surface area contributed by atoms with Gasteiger partial charge >= 0.3 is 0 Å². The molecule has 2 heteroatoms. The molecule has 3 aliphatic carbocycles. The summed E-state index contributed by atoms with van der Waals surface area (Å²) >= 11 is 0. The maximum Gasteiger partial charge on any atom is 0.116 e. The molecule has 0 radical (unpaired) electrons. The van der Waals surface area contributed by atoms with Crippen molar-refractivity contribution in [1.29, 1.82) is 0 Å². The molecule has 0 aromatic carbocycles. The third-order valence-corrected chi connectivity index (χ3v) is 8.76. The molecule has 1 unspecified atom stereocenters. The summed E-state index contributed by atoms with van der Waals surface area (Å²) in [6.07, 6.45) is 21.3. The van der Waals surface area contributed by atoms with Gasteiger partial charge in [-0.2, -0.15) is 0 Å². The summed E-state index contributed by atoms with van der Waals surface area (Å²) in [5.74, 6) is 5.49. The molecule has 2 nitrogen and oxygen atoms in total. The van der Waals surface area contributed by atoms with E-state index >= 15 is 0 Å². The van der Waals surface area contributed by atoms with Gasteiger partial charge in [-0.3, -0.25) is 5.26 Å². The van der Waals surface area contributed by atoms with Crippen molar-refractivity contribution in [3.05, 3.63) is 12.2 Å². The Hall–Kier alpha value is -0.340. The molecule has 28 heavy (non-hydrogen) atoms. The van der Waals surface area contributed by atoms with E-state index in [9.17, 15) is 5.26 Å². The van der Waals surface area contributed by atoms with Gasteiger partial charge in [-0.25, -0.2) is 4.89 Å². The van der Waals surface area contributed by atoms with Crippen LogP contribution in [-0.2, 0) is 4.89 Å². The molecule has 3 aliphatic rings. The fraction of sp³-hybridized carbons (Fsp3) is 0.923. The van der Waals surface area contributed by atoms with Gasteiger partial charge in [0.25, 0.3) is 0 Å². The zero-order valence-electron chi connectivity index (χ0n) is 18.7. The highest BCUT2D eigenvalue weighted by Gasteiger charge is 2.32. The molecular formula is C26H46O2. The standard InChI is InChI=1S/C26H46O2/c1-4-20-5-7-21(8-6-20)17-22-9-11-23(12-10-22)18-24-13-15-25(16-14-24)26(28-27)19(2)3/h20-27H,2,4-18H2,1,3H3. The Morgan fingerprint density at radius 3 is 1.43 bits per heavy atom. The molecule has 0 amide bonds. The van der Waals surface area contributed by atoms with E-state index in [0.29, 0.717) is 5.92 Å². The Balaban J connectivity index is 1.31. The SMILES string of the molecule is C=C(C)C(OO)C1CCC(CC2CCC(CC3CCC(CC)CC3)CC2)CC1. The van der Waals surface area contributed by atoms with E-state index in [4.69, 9.17) is 4.89 Å². The summed E-state index contributed by atoms with van der Waals surface area (Å²) in [6.45, 7) is 8.33. The van der Waals surface area contributed by atoms with Crippen molar-refractivity contribution in [3.8, 4) is 0 Å². The van der Waals surface area contributed by atoms with Crippen molar-refractivity contribution in [2.45, 2.75) is 116 Å². The minimum Gasteiger partial charge on any atom is -0.251 e. The predicted octanol–water partition coefficient (Wildman–Crippen LogP) is 8.03. The summed E-state index contributed by atoms with van der Waals surface area (Å²) in [6, 6.07) is 0. The Kier molecular flexibility index (Phi) is 8.91. The molecule has 0 saturated heterocycles. The molecule has 0 aromatic rings. The lowest BCUT2D eigenvalue weighted by Gasteiger charge is -2.37. The average molecular weight is 391 g/mol. The van der Waals surface area contributed by atoms with E-state index in [0.717, 1.165) is 35.2 Å². The van der Waals surface area contributed by atoms with Crippen molar-refractivity contribution >= 4 is 0 Å². The monoisotopic (exact) mass is 390 g/mol. The van der Waals surface area contributed by atoms with Crippen LogP contribution in [-0.4, -0.2) is 11.4 Å². The predicted molar refractivity (Wildman–Crippen MR) is 118 cm³/mol. The van der Waals surface area contributed by atoms with Crippen molar-refractivity contribution in [2.24, 2.45) is 35.5 Å². The van der Waals surface area contributed by atoms with Crippen LogP contribution in [0.3, 0.4) is 0 Å². The van der Waals surface area contributed by atoms with E-state index in [-0.39, 0.29) is 6.10 Å². The molecule has 1 N–H and O–H groups in total. The van der Waals surface area contributed by atoms with Crippen LogP contribution < -0.4 is 0 Å². The van der Waals surface area contributed by atoms with Gasteiger partial charge in [-0.1, -0.05) is 84.1 Å². The largest absolute Gasteiger partial charge is 0.251 e. The van der Waals surface area contributed by atoms with Crippen molar-refractivity contribution in [3.63, 3.8) is 0 Å². The topological polar surface area (TPSA) is 29.5 Å². The highest BCUT2D eigenvalue weighted by Crippen LogP contribution is 2.42. The fourth-order valence-electron chi connectivity index (χ4n) is 6.83. The van der Waals surface area contributed by atoms with Gasteiger partial charge in [0.05, 0.1) is 0 Å². The van der Waals surface area contributed by atoms with Crippen molar-refractivity contribution < 1.29 is 10.1 Å². The summed E-state index contributed by atoms with van der Waals surface area (Å²) < 4.78 is 0. The maximum absolute atomic E-state index is 9.18. The van der Waals surface area contributed by atoms with Crippen LogP contribution in [0.1, 0.15) is 110 Å². The van der Waals surface area contributed by atoms with Crippen LogP contribution in [0, 0.1) is 35.5 Å². The normalized spacial score (nSPS) is 38.1. The Bertz CT molecular complexity index is 449. The quantitative estimate of drug-likeness (QED) is 0.258. The first-order valence-corrected chi connectivity index (χ1v) is 12.5. The first-order chi connectivity index (χ1) is 13.6. The molecule has 1 atom stereocenters. The van der Waals surface area contributed by atoms with Crippen LogP contribution in [0.2, 0.25) is 0 Å². The number of rotatable bonds is 8. The molecule has 0 heterocycles. The highest BCUT2D eigenvalue weighted by molar-refractivity contribution is 5.01. The summed E-state index contributed by atoms with van der Waals surface area (Å²) in [5, 5.41) is 9.18. The number of hydrogen-bond donors (Lipinski definition) is 1. The molecule has 0 bridgehead atoms. The molecule has 3 fully saturated rings. The Morgan fingerprint density at radius 1 is 0.750 bits per heavy atom. The number of hydrogen-bond acceptors (Lipinski definition) is 2. The van der Waals surface area contributed by atoms with Crippen molar-refractivity contribution in [2.75, 3.05) is 0 Å². The van der Waals surface area contributed by atoms with Gasteiger partial charge in [0.1, 0.15) is 6.10 Å². The van der Waals surface area contributed by atoms with Crippen LogP contribution in [0.4, 0.5) is 0 Å². The van der Waals surface area contributed by atoms with Gasteiger partial charge in [0, 0.05) is 0 Å². The summed E-state index contributed by atoms with van der Waals surface area (Å²) in [4.78, 5) is 4.72. The molecule has 3 rings (SSSR count). The molecule has 0 aliphatic heterocycles. The van der Waals surface area contributed by atoms with Crippen molar-refractivity contribution in [1.82, 2.24) is 0 Å². The van der Waals surface area contributed by atoms with E-state index in [1.165, 1.54) is 96.3 Å². The van der Waals surface area contributed by atoms with Crippen LogP contribution >= 0.6 is 0 Å². The molecular weight excluding hydrogens is 344 g/mol. The van der Waals surface area contributed by atoms with Gasteiger partial charge in [-0.05, 0) is 73.7 Å². The summed E-state index contributed by atoms with van der Waals surface area (Å²) in [7, 11) is 0. The minimum absolute atomic E-state index is 0.149. The van der Waals surface area contributed by atoms with E-state index in [2.05, 4.69) is 13.5 Å². The Labute approximate surface area is 174 Å². The first kappa shape index (κ1) is 22.3. The smallest absolute Gasteiger partial charge is 0.116 e. The van der Waals surface area contributed by atoms with Crippen LogP contribution in [0.25, 0.3) is 0 Å². The second kappa shape index (κ2) is 11.2. The van der Waals surface area contributed by atoms with Gasteiger partial charge < -0.3 is 0 Å². The lowest BCUT2D eigenvalue weighted by atomic mass is 9.70. The van der Waals surface area contributed by atoms with Gasteiger partial charge in [0.15, 0.2) is 0 Å². The first-order valence-electron chi connectivity index (χ1n) is 12.5. The molecule has 0 spiro atoms. The zero-order valence-corrected chi connectivity index (χ0v) is 18.7. The summed E-state index contributed by atoms with van der Waals surface area (Å²) in [5.41, 5.74) is 0.965. The molecule has 3 saturated carbocycles. The van der Waals surface area contributed by atoms with Crippen LogP contribution in [0.15, 0.2) is 12.2 Å². The van der Waals surface area contributed by atoms with Crippen LogP contribution in [0.5, 0.6) is 0 Å². The fourth-order valence-corrected chi connectivity index (χ4v) is 6.83. The van der Waals surface area contributed by atoms with E-state index in [1.54, 1.807) is 0 Å². The lowest BCUT2D eigenvalue weighted by Crippen LogP contribution is -2.29. The second-order valence-corrected chi connectivity index (χ2v) is 10.8. The zero-order chi connectivity index (χ0) is 19.9. The van der Waals surface area contributed by atoms with E-state index in [1.807, 2.05) is 6.92 Å². The van der Waals surface area contributed by atoms with E-state index < -0.39 is 0 Å². The highest BCUT2D eigenvalue weighted by atomic mass is 17.1. The molecule has 162 valence electrons. The molecule has 0 aromatic heterocycles. The third kappa shape index (κ3) is 6.33. The third-order valence-electron chi connectivity index (χ3n) is 8.76. The Morgan fingerprint density at radius 2 is 1.11 bits per heavy atom.